The molecule has 0 bridgehead atoms. The van der Waals surface area contributed by atoms with E-state index in [0.717, 1.165) is 25.9 Å². The number of nitrogens with one attached hydrogen (secondary N) is 1. The molecule has 11 heteroatoms. The number of aromatic nitrogens is 7. The van der Waals surface area contributed by atoms with Gasteiger partial charge in [-0.25, -0.2) is 4.68 Å². The zero-order valence-corrected chi connectivity index (χ0v) is 15.3. The average Bonchev–Trinajstić information content (AvgIpc) is 3.46. The van der Waals surface area contributed by atoms with Gasteiger partial charge in [-0.05, 0) is 41.5 Å². The van der Waals surface area contributed by atoms with E-state index in [4.69, 9.17) is 4.74 Å². The molecule has 0 spiro atoms. The second-order valence-electron chi connectivity index (χ2n) is 6.22. The smallest absolute Gasteiger partial charge is 0.321 e. The maximum atomic E-state index is 12.6. The lowest BCUT2D eigenvalue weighted by molar-refractivity contribution is 0.0949. The van der Waals surface area contributed by atoms with Crippen LogP contribution in [0.15, 0.2) is 30.6 Å². The number of carbonyl (C=O) groups excluding carboxylic acids is 1. The van der Waals surface area contributed by atoms with Crippen LogP contribution in [0.4, 0.5) is 5.95 Å². The Morgan fingerprint density at radius 2 is 2.07 bits per heavy atom. The Morgan fingerprint density at radius 1 is 1.21 bits per heavy atom. The van der Waals surface area contributed by atoms with Gasteiger partial charge in [0, 0.05) is 18.7 Å². The van der Waals surface area contributed by atoms with E-state index in [1.54, 1.807) is 18.2 Å². The van der Waals surface area contributed by atoms with Gasteiger partial charge in [-0.3, -0.25) is 4.79 Å². The van der Waals surface area contributed by atoms with Crippen LogP contribution < -0.4 is 15.0 Å². The molecule has 11 nitrogen and oxygen atoms in total. The highest BCUT2D eigenvalue weighted by Crippen LogP contribution is 2.17. The maximum Gasteiger partial charge on any atom is 0.321 e. The van der Waals surface area contributed by atoms with Gasteiger partial charge in [0.15, 0.2) is 5.82 Å². The fourth-order valence-electron chi connectivity index (χ4n) is 2.95. The number of rotatable bonds is 6. The molecule has 144 valence electrons. The number of tetrazole rings is 1. The predicted molar refractivity (Wildman–Crippen MR) is 98.2 cm³/mol. The topological polar surface area (TPSA) is 124 Å². The van der Waals surface area contributed by atoms with Gasteiger partial charge in [-0.15, -0.1) is 5.10 Å². The van der Waals surface area contributed by atoms with Crippen LogP contribution in [-0.2, 0) is 6.54 Å². The van der Waals surface area contributed by atoms with Crippen LogP contribution >= 0.6 is 0 Å². The first kappa shape index (κ1) is 17.8. The lowest BCUT2D eigenvalue weighted by Crippen LogP contribution is -2.26. The van der Waals surface area contributed by atoms with Gasteiger partial charge in [-0.1, -0.05) is 6.07 Å². The number of hydrogen-bond acceptors (Lipinski definition) is 9. The molecule has 1 aliphatic rings. The van der Waals surface area contributed by atoms with E-state index in [1.165, 1.54) is 18.1 Å². The molecule has 1 N–H and O–H groups in total. The summed E-state index contributed by atoms with van der Waals surface area (Å²) in [5, 5.41) is 13.9. The van der Waals surface area contributed by atoms with E-state index in [0.29, 0.717) is 23.0 Å². The zero-order valence-electron chi connectivity index (χ0n) is 15.3. The molecular formula is C17H19N9O2. The van der Waals surface area contributed by atoms with Crippen molar-refractivity contribution in [1.82, 2.24) is 40.5 Å². The fraction of sp³-hybridized carbons (Fsp3) is 0.353. The van der Waals surface area contributed by atoms with Gasteiger partial charge in [0.1, 0.15) is 6.33 Å². The molecule has 1 aliphatic heterocycles. The quantitative estimate of drug-likeness (QED) is 0.645. The zero-order chi connectivity index (χ0) is 19.3. The van der Waals surface area contributed by atoms with Crippen molar-refractivity contribution in [3.8, 4) is 11.7 Å². The highest BCUT2D eigenvalue weighted by atomic mass is 16.5. The van der Waals surface area contributed by atoms with E-state index in [-0.39, 0.29) is 18.5 Å². The van der Waals surface area contributed by atoms with Crippen LogP contribution in [0.2, 0.25) is 0 Å². The summed E-state index contributed by atoms with van der Waals surface area (Å²) >= 11 is 0. The molecule has 0 atom stereocenters. The molecule has 1 aromatic carbocycles. The summed E-state index contributed by atoms with van der Waals surface area (Å²) in [7, 11) is 1.51. The number of anilines is 1. The first-order valence-corrected chi connectivity index (χ1v) is 8.88. The number of hydrogen-bond donors (Lipinski definition) is 1. The number of amides is 1. The van der Waals surface area contributed by atoms with Crippen molar-refractivity contribution in [3.05, 3.63) is 42.0 Å². The van der Waals surface area contributed by atoms with Crippen molar-refractivity contribution >= 4 is 11.9 Å². The third-order valence-corrected chi connectivity index (χ3v) is 4.35. The molecule has 3 heterocycles. The number of nitrogens with zero attached hydrogens (tertiary/aromatic N) is 8. The minimum atomic E-state index is -0.253. The molecule has 3 aromatic rings. The Morgan fingerprint density at radius 3 is 2.82 bits per heavy atom. The van der Waals surface area contributed by atoms with Gasteiger partial charge in [-0.2, -0.15) is 15.0 Å². The molecule has 0 radical (unpaired) electrons. The average molecular weight is 381 g/mol. The molecule has 28 heavy (non-hydrogen) atoms. The molecule has 1 amide bonds. The third kappa shape index (κ3) is 3.87. The SMILES string of the molecule is COc1nc(CNC(=O)c2cccc(-n3cnnn3)c2)nc(N2CCCC2)n1. The van der Waals surface area contributed by atoms with Crippen molar-refractivity contribution in [1.29, 1.82) is 0 Å². The molecule has 1 saturated heterocycles. The second-order valence-corrected chi connectivity index (χ2v) is 6.22. The summed E-state index contributed by atoms with van der Waals surface area (Å²) in [6, 6.07) is 7.24. The number of ether oxygens (including phenoxy) is 1. The van der Waals surface area contributed by atoms with Crippen LogP contribution in [0.5, 0.6) is 6.01 Å². The molecule has 0 aliphatic carbocycles. The number of carbonyl (C=O) groups is 1. The third-order valence-electron chi connectivity index (χ3n) is 4.35. The Kier molecular flexibility index (Phi) is 5.04. The van der Waals surface area contributed by atoms with Crippen molar-refractivity contribution < 1.29 is 9.53 Å². The summed E-state index contributed by atoms with van der Waals surface area (Å²) in [5.74, 6) is 0.769. The van der Waals surface area contributed by atoms with Crippen LogP contribution in [-0.4, -0.2) is 61.3 Å². The van der Waals surface area contributed by atoms with Gasteiger partial charge < -0.3 is 15.0 Å². The Hall–Kier alpha value is -3.63. The molecule has 2 aromatic heterocycles. The summed E-state index contributed by atoms with van der Waals surface area (Å²) < 4.78 is 6.66. The molecule has 0 saturated carbocycles. The largest absolute Gasteiger partial charge is 0.467 e. The lowest BCUT2D eigenvalue weighted by atomic mass is 10.2. The summed E-state index contributed by atoms with van der Waals surface area (Å²) in [6.45, 7) is 1.97. The molecular weight excluding hydrogens is 362 g/mol. The summed E-state index contributed by atoms with van der Waals surface area (Å²) in [4.78, 5) is 27.6. The first-order valence-electron chi connectivity index (χ1n) is 8.88. The van der Waals surface area contributed by atoms with E-state index in [2.05, 4.69) is 40.7 Å². The van der Waals surface area contributed by atoms with Gasteiger partial charge in [0.25, 0.3) is 5.91 Å². The molecule has 0 unspecified atom stereocenters. The van der Waals surface area contributed by atoms with E-state index in [9.17, 15) is 4.79 Å². The van der Waals surface area contributed by atoms with Crippen LogP contribution in [0.3, 0.4) is 0 Å². The molecule has 1 fully saturated rings. The summed E-state index contributed by atoms with van der Waals surface area (Å²) in [5.41, 5.74) is 1.17. The van der Waals surface area contributed by atoms with E-state index < -0.39 is 0 Å². The van der Waals surface area contributed by atoms with Crippen molar-refractivity contribution in [2.75, 3.05) is 25.1 Å². The monoisotopic (exact) mass is 381 g/mol. The first-order chi connectivity index (χ1) is 13.7. The van der Waals surface area contributed by atoms with Crippen LogP contribution in [0.1, 0.15) is 29.0 Å². The second kappa shape index (κ2) is 7.94. The van der Waals surface area contributed by atoms with E-state index in [1.807, 2.05) is 6.07 Å². The maximum absolute atomic E-state index is 12.6. The Labute approximate surface area is 160 Å². The number of benzene rings is 1. The highest BCUT2D eigenvalue weighted by Gasteiger charge is 2.18. The van der Waals surface area contributed by atoms with Crippen molar-refractivity contribution in [2.45, 2.75) is 19.4 Å². The number of methoxy groups -OCH3 is 1. The fourth-order valence-corrected chi connectivity index (χ4v) is 2.95. The minimum absolute atomic E-state index is 0.160. The van der Waals surface area contributed by atoms with Crippen LogP contribution in [0.25, 0.3) is 5.69 Å². The normalized spacial score (nSPS) is 13.5. The minimum Gasteiger partial charge on any atom is -0.467 e. The van der Waals surface area contributed by atoms with Crippen molar-refractivity contribution in [3.63, 3.8) is 0 Å². The lowest BCUT2D eigenvalue weighted by Gasteiger charge is -2.16. The Balaban J connectivity index is 1.47. The highest BCUT2D eigenvalue weighted by molar-refractivity contribution is 5.94. The Bertz CT molecular complexity index is 955. The predicted octanol–water partition coefficient (Wildman–Crippen LogP) is 0.386. The van der Waals surface area contributed by atoms with E-state index >= 15 is 0 Å². The van der Waals surface area contributed by atoms with Crippen LogP contribution in [0, 0.1) is 0 Å². The summed E-state index contributed by atoms with van der Waals surface area (Å²) in [6.07, 6.45) is 3.68. The van der Waals surface area contributed by atoms with Gasteiger partial charge in [0.05, 0.1) is 19.3 Å². The molecule has 4 rings (SSSR count). The van der Waals surface area contributed by atoms with Crippen molar-refractivity contribution in [2.24, 2.45) is 0 Å². The standard InChI is InChI=1S/C17H19N9O2/c1-28-17-21-14(20-16(22-17)25-7-2-3-8-25)10-18-15(27)12-5-4-6-13(9-12)26-11-19-23-24-26/h4-6,9,11H,2-3,7-8,10H2,1H3,(H,18,27). The van der Waals surface area contributed by atoms with Gasteiger partial charge >= 0.3 is 6.01 Å². The van der Waals surface area contributed by atoms with Gasteiger partial charge in [0.2, 0.25) is 5.95 Å².